The lowest BCUT2D eigenvalue weighted by atomic mass is 9.83. The van der Waals surface area contributed by atoms with Crippen LogP contribution in [0.25, 0.3) is 0 Å². The van der Waals surface area contributed by atoms with Crippen LogP contribution in [-0.2, 0) is 14.4 Å². The molecule has 1 aromatic rings. The van der Waals surface area contributed by atoms with Gasteiger partial charge in [-0.25, -0.2) is 0 Å². The number of carbonyl (C=O) groups is 3. The van der Waals surface area contributed by atoms with E-state index in [9.17, 15) is 19.5 Å². The Kier molecular flexibility index (Phi) is 13.6. The highest BCUT2D eigenvalue weighted by molar-refractivity contribution is 5.91. The summed E-state index contributed by atoms with van der Waals surface area (Å²) in [5.74, 6) is 0.0751. The van der Waals surface area contributed by atoms with Crippen LogP contribution in [0.3, 0.4) is 0 Å². The number of anilines is 1. The van der Waals surface area contributed by atoms with E-state index in [0.29, 0.717) is 31.2 Å². The fraction of sp³-hybridized carbons (Fsp3) is 0.700. The van der Waals surface area contributed by atoms with Gasteiger partial charge in [0.15, 0.2) is 0 Å². The van der Waals surface area contributed by atoms with Crippen LogP contribution in [0, 0.1) is 17.8 Å². The Morgan fingerprint density at radius 1 is 0.895 bits per heavy atom. The minimum atomic E-state index is -0.998. The number of para-hydroxylation sites is 1. The summed E-state index contributed by atoms with van der Waals surface area (Å²) in [7, 11) is 0. The Labute approximate surface area is 229 Å². The molecule has 8 heteroatoms. The number of aliphatic hydroxyl groups excluding tert-OH is 1. The number of benzene rings is 1. The molecule has 3 unspecified atom stereocenters. The fourth-order valence-electron chi connectivity index (χ4n) is 4.95. The van der Waals surface area contributed by atoms with Crippen LogP contribution >= 0.6 is 0 Å². The highest BCUT2D eigenvalue weighted by Gasteiger charge is 2.31. The molecule has 0 heterocycles. The SMILES string of the molecule is CC(C)CNC(=O)CC(O)C(CC1CCCCC1)NC(=O)[C@H](CC(C)C)NC(=O)C(C)Nc1ccccc1. The van der Waals surface area contributed by atoms with Crippen LogP contribution in [-0.4, -0.2) is 53.6 Å². The van der Waals surface area contributed by atoms with Crippen LogP contribution in [0.2, 0.25) is 0 Å². The van der Waals surface area contributed by atoms with E-state index in [1.807, 2.05) is 58.0 Å². The van der Waals surface area contributed by atoms with Gasteiger partial charge in [-0.3, -0.25) is 14.4 Å². The van der Waals surface area contributed by atoms with Crippen molar-refractivity contribution in [2.75, 3.05) is 11.9 Å². The molecule has 5 N–H and O–H groups in total. The Morgan fingerprint density at radius 2 is 1.55 bits per heavy atom. The van der Waals surface area contributed by atoms with E-state index in [0.717, 1.165) is 31.4 Å². The first-order valence-electron chi connectivity index (χ1n) is 14.4. The molecular weight excluding hydrogens is 480 g/mol. The molecule has 0 aromatic heterocycles. The molecular formula is C30H50N4O4. The van der Waals surface area contributed by atoms with E-state index < -0.39 is 24.2 Å². The summed E-state index contributed by atoms with van der Waals surface area (Å²) in [4.78, 5) is 38.9. The molecule has 1 fully saturated rings. The number of amides is 3. The smallest absolute Gasteiger partial charge is 0.242 e. The number of carbonyl (C=O) groups excluding carboxylic acids is 3. The van der Waals surface area contributed by atoms with Gasteiger partial charge in [-0.2, -0.15) is 0 Å². The average Bonchev–Trinajstić information content (AvgIpc) is 2.87. The van der Waals surface area contributed by atoms with Crippen LogP contribution in [0.4, 0.5) is 5.69 Å². The Morgan fingerprint density at radius 3 is 2.16 bits per heavy atom. The third-order valence-electron chi connectivity index (χ3n) is 7.10. The largest absolute Gasteiger partial charge is 0.390 e. The summed E-state index contributed by atoms with van der Waals surface area (Å²) in [5.41, 5.74) is 0.825. The first kappa shape index (κ1) is 31.6. The lowest BCUT2D eigenvalue weighted by molar-refractivity contribution is -0.131. The molecule has 1 aliphatic carbocycles. The zero-order chi connectivity index (χ0) is 28.1. The van der Waals surface area contributed by atoms with Gasteiger partial charge in [-0.15, -0.1) is 0 Å². The normalized spacial score (nSPS) is 17.4. The summed E-state index contributed by atoms with van der Waals surface area (Å²) in [6.45, 7) is 10.3. The lowest BCUT2D eigenvalue weighted by Gasteiger charge is -2.32. The Balaban J connectivity index is 2.08. The van der Waals surface area contributed by atoms with Crippen molar-refractivity contribution in [3.63, 3.8) is 0 Å². The van der Waals surface area contributed by atoms with E-state index in [4.69, 9.17) is 0 Å². The minimum Gasteiger partial charge on any atom is -0.390 e. The van der Waals surface area contributed by atoms with Crippen molar-refractivity contribution in [2.24, 2.45) is 17.8 Å². The van der Waals surface area contributed by atoms with Crippen molar-refractivity contribution in [3.05, 3.63) is 30.3 Å². The zero-order valence-electron chi connectivity index (χ0n) is 24.0. The number of hydrogen-bond donors (Lipinski definition) is 5. The van der Waals surface area contributed by atoms with Crippen LogP contribution in [0.5, 0.6) is 0 Å². The molecule has 0 bridgehead atoms. The maximum absolute atomic E-state index is 13.5. The second kappa shape index (κ2) is 16.4. The number of hydrogen-bond acceptors (Lipinski definition) is 5. The third kappa shape index (κ3) is 11.8. The van der Waals surface area contributed by atoms with Gasteiger partial charge in [0, 0.05) is 12.2 Å². The molecule has 4 atom stereocenters. The Bertz CT molecular complexity index is 855. The van der Waals surface area contributed by atoms with Crippen LogP contribution in [0.15, 0.2) is 30.3 Å². The molecule has 1 aromatic carbocycles. The van der Waals surface area contributed by atoms with Crippen molar-refractivity contribution in [1.29, 1.82) is 0 Å². The highest BCUT2D eigenvalue weighted by Crippen LogP contribution is 2.28. The second-order valence-corrected chi connectivity index (χ2v) is 11.7. The van der Waals surface area contributed by atoms with Crippen LogP contribution < -0.4 is 21.3 Å². The molecule has 38 heavy (non-hydrogen) atoms. The summed E-state index contributed by atoms with van der Waals surface area (Å²) >= 11 is 0. The summed E-state index contributed by atoms with van der Waals surface area (Å²) < 4.78 is 0. The number of aliphatic hydroxyl groups is 1. The maximum Gasteiger partial charge on any atom is 0.242 e. The van der Waals surface area contributed by atoms with Gasteiger partial charge in [0.1, 0.15) is 12.1 Å². The van der Waals surface area contributed by atoms with Gasteiger partial charge in [0.05, 0.1) is 18.6 Å². The van der Waals surface area contributed by atoms with Gasteiger partial charge >= 0.3 is 0 Å². The van der Waals surface area contributed by atoms with Gasteiger partial charge in [0.2, 0.25) is 17.7 Å². The maximum atomic E-state index is 13.5. The predicted octanol–water partition coefficient (Wildman–Crippen LogP) is 4.00. The summed E-state index contributed by atoms with van der Waals surface area (Å²) in [5, 5.41) is 23.0. The van der Waals surface area contributed by atoms with Gasteiger partial charge in [-0.1, -0.05) is 78.0 Å². The van der Waals surface area contributed by atoms with Crippen molar-refractivity contribution < 1.29 is 19.5 Å². The fourth-order valence-corrected chi connectivity index (χ4v) is 4.95. The van der Waals surface area contributed by atoms with E-state index in [2.05, 4.69) is 21.3 Å². The van der Waals surface area contributed by atoms with Gasteiger partial charge in [0.25, 0.3) is 0 Å². The number of nitrogens with one attached hydrogen (secondary N) is 4. The third-order valence-corrected chi connectivity index (χ3v) is 7.10. The number of rotatable bonds is 15. The topological polar surface area (TPSA) is 120 Å². The monoisotopic (exact) mass is 530 g/mol. The Hall–Kier alpha value is -2.61. The standard InChI is InChI=1S/C30H50N4O4/c1-20(2)16-26(34-29(37)22(5)32-24-14-10-7-11-15-24)30(38)33-25(17-23-12-8-6-9-13-23)27(35)18-28(36)31-19-21(3)4/h7,10-11,14-15,20-23,25-27,32,35H,6,8-9,12-13,16-19H2,1-5H3,(H,31,36)(H,33,38)(H,34,37)/t22?,25?,26-,27?/m0/s1. The molecule has 3 amide bonds. The second-order valence-electron chi connectivity index (χ2n) is 11.7. The van der Waals surface area contributed by atoms with E-state index in [1.165, 1.54) is 6.42 Å². The molecule has 2 rings (SSSR count). The van der Waals surface area contributed by atoms with Crippen molar-refractivity contribution in [3.8, 4) is 0 Å². The molecule has 8 nitrogen and oxygen atoms in total. The first-order chi connectivity index (χ1) is 18.0. The first-order valence-corrected chi connectivity index (χ1v) is 14.4. The zero-order valence-corrected chi connectivity index (χ0v) is 24.0. The summed E-state index contributed by atoms with van der Waals surface area (Å²) in [6.07, 6.45) is 5.66. The van der Waals surface area contributed by atoms with Crippen molar-refractivity contribution in [2.45, 2.75) is 110 Å². The average molecular weight is 531 g/mol. The molecule has 0 aliphatic heterocycles. The van der Waals surface area contributed by atoms with Crippen molar-refractivity contribution >= 4 is 23.4 Å². The van der Waals surface area contributed by atoms with E-state index in [-0.39, 0.29) is 30.1 Å². The van der Waals surface area contributed by atoms with E-state index >= 15 is 0 Å². The van der Waals surface area contributed by atoms with Crippen molar-refractivity contribution in [1.82, 2.24) is 16.0 Å². The molecule has 1 saturated carbocycles. The summed E-state index contributed by atoms with van der Waals surface area (Å²) in [6, 6.07) is 7.64. The van der Waals surface area contributed by atoms with Gasteiger partial charge < -0.3 is 26.4 Å². The predicted molar refractivity (Wildman–Crippen MR) is 153 cm³/mol. The lowest BCUT2D eigenvalue weighted by Crippen LogP contribution is -2.55. The molecule has 214 valence electrons. The quantitative estimate of drug-likeness (QED) is 0.235. The highest BCUT2D eigenvalue weighted by atomic mass is 16.3. The molecule has 0 saturated heterocycles. The minimum absolute atomic E-state index is 0.0659. The van der Waals surface area contributed by atoms with E-state index in [1.54, 1.807) is 6.92 Å². The van der Waals surface area contributed by atoms with Crippen LogP contribution in [0.1, 0.15) is 86.0 Å². The van der Waals surface area contributed by atoms with Gasteiger partial charge in [-0.05, 0) is 49.7 Å². The molecule has 0 spiro atoms. The molecule has 0 radical (unpaired) electrons. The molecule has 1 aliphatic rings.